The van der Waals surface area contributed by atoms with Crippen molar-refractivity contribution in [2.45, 2.75) is 19.5 Å². The second-order valence-corrected chi connectivity index (χ2v) is 7.72. The average molecular weight is 405 g/mol. The number of carbonyl (C=O) groups is 1. The maximum Gasteiger partial charge on any atom is 0.236 e. The standard InChI is InChI=1S/C24H28N4O2/c1-19-16-22(26-30-19)18-27-12-14-28(15-13-27)23(29)17-25-24(20-8-4-2-5-9-20)21-10-6-3-7-11-21/h2-11,16,24-25H,12-15,17-18H2,1H3. The van der Waals surface area contributed by atoms with E-state index in [0.717, 1.165) is 55.3 Å². The summed E-state index contributed by atoms with van der Waals surface area (Å²) in [5, 5.41) is 7.54. The van der Waals surface area contributed by atoms with Crippen LogP contribution < -0.4 is 5.32 Å². The van der Waals surface area contributed by atoms with Crippen molar-refractivity contribution in [2.75, 3.05) is 32.7 Å². The van der Waals surface area contributed by atoms with Gasteiger partial charge in [-0.25, -0.2) is 0 Å². The van der Waals surface area contributed by atoms with Crippen molar-refractivity contribution < 1.29 is 9.32 Å². The van der Waals surface area contributed by atoms with Crippen LogP contribution in [-0.2, 0) is 11.3 Å². The Morgan fingerprint density at radius 1 is 1.00 bits per heavy atom. The van der Waals surface area contributed by atoms with Gasteiger partial charge in [0.1, 0.15) is 5.76 Å². The Hall–Kier alpha value is -2.96. The molecule has 30 heavy (non-hydrogen) atoms. The molecule has 1 fully saturated rings. The van der Waals surface area contributed by atoms with E-state index in [1.807, 2.05) is 54.3 Å². The van der Waals surface area contributed by atoms with Crippen molar-refractivity contribution in [2.24, 2.45) is 0 Å². The largest absolute Gasteiger partial charge is 0.361 e. The highest BCUT2D eigenvalue weighted by molar-refractivity contribution is 5.78. The zero-order valence-electron chi connectivity index (χ0n) is 17.3. The minimum atomic E-state index is -0.00644. The highest BCUT2D eigenvalue weighted by Crippen LogP contribution is 2.21. The molecule has 1 N–H and O–H groups in total. The van der Waals surface area contributed by atoms with Gasteiger partial charge in [0.25, 0.3) is 0 Å². The monoisotopic (exact) mass is 404 g/mol. The number of aromatic nitrogens is 1. The molecule has 0 aliphatic carbocycles. The minimum Gasteiger partial charge on any atom is -0.361 e. The van der Waals surface area contributed by atoms with E-state index in [-0.39, 0.29) is 11.9 Å². The normalized spacial score (nSPS) is 14.9. The lowest BCUT2D eigenvalue weighted by Crippen LogP contribution is -2.50. The van der Waals surface area contributed by atoms with Crippen molar-refractivity contribution in [3.8, 4) is 0 Å². The Morgan fingerprint density at radius 2 is 1.60 bits per heavy atom. The van der Waals surface area contributed by atoms with Crippen molar-refractivity contribution in [3.05, 3.63) is 89.3 Å². The van der Waals surface area contributed by atoms with Gasteiger partial charge in [0.05, 0.1) is 18.3 Å². The van der Waals surface area contributed by atoms with Crippen LogP contribution in [0.15, 0.2) is 71.3 Å². The first-order valence-corrected chi connectivity index (χ1v) is 10.4. The molecule has 0 bridgehead atoms. The highest BCUT2D eigenvalue weighted by atomic mass is 16.5. The summed E-state index contributed by atoms with van der Waals surface area (Å²) in [6.07, 6.45) is 0. The molecule has 1 aliphatic heterocycles. The molecule has 0 spiro atoms. The number of carbonyl (C=O) groups excluding carboxylic acids is 1. The zero-order valence-corrected chi connectivity index (χ0v) is 17.3. The third-order valence-electron chi connectivity index (χ3n) is 5.51. The van der Waals surface area contributed by atoms with E-state index in [0.29, 0.717) is 6.54 Å². The molecule has 3 aromatic rings. The summed E-state index contributed by atoms with van der Waals surface area (Å²) in [4.78, 5) is 17.1. The van der Waals surface area contributed by atoms with E-state index in [4.69, 9.17) is 4.52 Å². The van der Waals surface area contributed by atoms with E-state index in [1.54, 1.807) is 0 Å². The molecule has 0 radical (unpaired) electrons. The van der Waals surface area contributed by atoms with Gasteiger partial charge in [-0.05, 0) is 18.1 Å². The fourth-order valence-corrected chi connectivity index (χ4v) is 3.90. The third-order valence-corrected chi connectivity index (χ3v) is 5.51. The smallest absolute Gasteiger partial charge is 0.236 e. The molecule has 0 atom stereocenters. The fraction of sp³-hybridized carbons (Fsp3) is 0.333. The second-order valence-electron chi connectivity index (χ2n) is 7.72. The van der Waals surface area contributed by atoms with E-state index in [9.17, 15) is 4.79 Å². The van der Waals surface area contributed by atoms with Crippen molar-refractivity contribution in [1.29, 1.82) is 0 Å². The topological polar surface area (TPSA) is 61.6 Å². The Bertz CT molecular complexity index is 895. The number of nitrogens with one attached hydrogen (secondary N) is 1. The molecular formula is C24H28N4O2. The number of hydrogen-bond donors (Lipinski definition) is 1. The first-order chi connectivity index (χ1) is 14.7. The lowest BCUT2D eigenvalue weighted by Gasteiger charge is -2.34. The molecule has 1 saturated heterocycles. The Kier molecular flexibility index (Phi) is 6.57. The number of benzene rings is 2. The van der Waals surface area contributed by atoms with E-state index < -0.39 is 0 Å². The van der Waals surface area contributed by atoms with E-state index in [2.05, 4.69) is 39.6 Å². The lowest BCUT2D eigenvalue weighted by molar-refractivity contribution is -0.132. The van der Waals surface area contributed by atoms with Crippen LogP contribution in [0.1, 0.15) is 28.6 Å². The van der Waals surface area contributed by atoms with Gasteiger partial charge >= 0.3 is 0 Å². The number of piperazine rings is 1. The van der Waals surface area contributed by atoms with Crippen LogP contribution in [0, 0.1) is 6.92 Å². The summed E-state index contributed by atoms with van der Waals surface area (Å²) < 4.78 is 5.14. The molecular weight excluding hydrogens is 376 g/mol. The van der Waals surface area contributed by atoms with Crippen LogP contribution in [0.3, 0.4) is 0 Å². The Balaban J connectivity index is 1.32. The summed E-state index contributed by atoms with van der Waals surface area (Å²) in [5.41, 5.74) is 3.26. The maximum absolute atomic E-state index is 12.9. The molecule has 156 valence electrons. The second kappa shape index (κ2) is 9.69. The van der Waals surface area contributed by atoms with Crippen LogP contribution in [-0.4, -0.2) is 53.6 Å². The van der Waals surface area contributed by atoms with Crippen LogP contribution in [0.2, 0.25) is 0 Å². The predicted octanol–water partition coefficient (Wildman–Crippen LogP) is 3.01. The molecule has 4 rings (SSSR count). The van der Waals surface area contributed by atoms with Gasteiger partial charge in [-0.15, -0.1) is 0 Å². The van der Waals surface area contributed by atoms with Gasteiger partial charge in [-0.1, -0.05) is 65.8 Å². The summed E-state index contributed by atoms with van der Waals surface area (Å²) in [6, 6.07) is 22.5. The number of amides is 1. The number of aryl methyl sites for hydroxylation is 1. The lowest BCUT2D eigenvalue weighted by atomic mass is 9.99. The summed E-state index contributed by atoms with van der Waals surface area (Å²) >= 11 is 0. The molecule has 1 aliphatic rings. The average Bonchev–Trinajstić information content (AvgIpc) is 3.20. The molecule has 0 unspecified atom stereocenters. The van der Waals surface area contributed by atoms with E-state index in [1.165, 1.54) is 0 Å². The minimum absolute atomic E-state index is 0.00644. The van der Waals surface area contributed by atoms with Gasteiger partial charge in [-0.2, -0.15) is 0 Å². The van der Waals surface area contributed by atoms with Crippen molar-refractivity contribution in [1.82, 2.24) is 20.3 Å². The van der Waals surface area contributed by atoms with Gasteiger partial charge in [0.2, 0.25) is 5.91 Å². The molecule has 1 amide bonds. The molecule has 1 aromatic heterocycles. The van der Waals surface area contributed by atoms with Crippen LogP contribution in [0.4, 0.5) is 0 Å². The quantitative estimate of drug-likeness (QED) is 0.656. The number of rotatable bonds is 7. The fourth-order valence-electron chi connectivity index (χ4n) is 3.90. The summed E-state index contributed by atoms with van der Waals surface area (Å²) in [6.45, 7) is 6.14. The first kappa shape index (κ1) is 20.3. The Morgan fingerprint density at radius 3 is 2.13 bits per heavy atom. The maximum atomic E-state index is 12.9. The molecule has 2 aromatic carbocycles. The van der Waals surface area contributed by atoms with Gasteiger partial charge in [0, 0.05) is 38.8 Å². The SMILES string of the molecule is Cc1cc(CN2CCN(C(=O)CNC(c3ccccc3)c3ccccc3)CC2)no1. The molecule has 6 nitrogen and oxygen atoms in total. The van der Waals surface area contributed by atoms with Crippen LogP contribution in [0.5, 0.6) is 0 Å². The predicted molar refractivity (Wildman–Crippen MR) is 116 cm³/mol. The van der Waals surface area contributed by atoms with Gasteiger partial charge in [-0.3, -0.25) is 15.0 Å². The van der Waals surface area contributed by atoms with Crippen LogP contribution in [0.25, 0.3) is 0 Å². The zero-order chi connectivity index (χ0) is 20.8. The number of nitrogens with zero attached hydrogens (tertiary/aromatic N) is 3. The van der Waals surface area contributed by atoms with Crippen molar-refractivity contribution in [3.63, 3.8) is 0 Å². The summed E-state index contributed by atoms with van der Waals surface area (Å²) in [5.74, 6) is 0.972. The third kappa shape index (κ3) is 5.14. The molecule has 2 heterocycles. The van der Waals surface area contributed by atoms with Gasteiger partial charge in [0.15, 0.2) is 0 Å². The molecule has 0 saturated carbocycles. The first-order valence-electron chi connectivity index (χ1n) is 10.4. The van der Waals surface area contributed by atoms with Crippen molar-refractivity contribution >= 4 is 5.91 Å². The van der Waals surface area contributed by atoms with E-state index >= 15 is 0 Å². The highest BCUT2D eigenvalue weighted by Gasteiger charge is 2.23. The Labute approximate surface area is 177 Å². The van der Waals surface area contributed by atoms with Crippen LogP contribution >= 0.6 is 0 Å². The van der Waals surface area contributed by atoms with Gasteiger partial charge < -0.3 is 9.42 Å². The number of hydrogen-bond acceptors (Lipinski definition) is 5. The summed E-state index contributed by atoms with van der Waals surface area (Å²) in [7, 11) is 0. The molecule has 6 heteroatoms.